The highest BCUT2D eigenvalue weighted by Crippen LogP contribution is 2.23. The van der Waals surface area contributed by atoms with Crippen molar-refractivity contribution in [3.8, 4) is 5.75 Å². The number of nitrogens with one attached hydrogen (secondary N) is 1. The number of hydrogen-bond acceptors (Lipinski definition) is 4. The molecule has 0 unspecified atom stereocenters. The van der Waals surface area contributed by atoms with Crippen molar-refractivity contribution in [1.82, 2.24) is 4.98 Å². The van der Waals surface area contributed by atoms with Crippen LogP contribution in [-0.4, -0.2) is 10.9 Å². The molecule has 2 aromatic heterocycles. The molecular weight excluding hydrogens is 356 g/mol. The maximum atomic E-state index is 12.4. The number of thiophene rings is 1. The summed E-state index contributed by atoms with van der Waals surface area (Å²) in [6, 6.07) is 19.8. The van der Waals surface area contributed by atoms with Crippen molar-refractivity contribution in [2.45, 2.75) is 13.5 Å². The second kappa shape index (κ2) is 7.60. The van der Waals surface area contributed by atoms with E-state index in [0.717, 1.165) is 22.3 Å². The Morgan fingerprint density at radius 2 is 1.93 bits per heavy atom. The van der Waals surface area contributed by atoms with Gasteiger partial charge in [-0.15, -0.1) is 11.3 Å². The number of pyridine rings is 1. The number of carbonyl (C=O) groups is 1. The van der Waals surface area contributed by atoms with E-state index < -0.39 is 0 Å². The minimum atomic E-state index is -0.157. The van der Waals surface area contributed by atoms with Gasteiger partial charge >= 0.3 is 0 Å². The maximum Gasteiger partial charge on any atom is 0.266 e. The van der Waals surface area contributed by atoms with Crippen molar-refractivity contribution in [3.05, 3.63) is 88.2 Å². The van der Waals surface area contributed by atoms with Crippen LogP contribution in [-0.2, 0) is 6.61 Å². The largest absolute Gasteiger partial charge is 0.489 e. The van der Waals surface area contributed by atoms with E-state index in [-0.39, 0.29) is 5.91 Å². The number of fused-ring (bicyclic) bond motifs is 1. The minimum absolute atomic E-state index is 0.157. The topological polar surface area (TPSA) is 51.2 Å². The molecule has 4 rings (SSSR count). The Hall–Kier alpha value is -3.18. The fourth-order valence-corrected chi connectivity index (χ4v) is 3.57. The van der Waals surface area contributed by atoms with Gasteiger partial charge in [-0.05, 0) is 59.0 Å². The monoisotopic (exact) mass is 374 g/mol. The lowest BCUT2D eigenvalue weighted by molar-refractivity contribution is 0.103. The van der Waals surface area contributed by atoms with E-state index in [9.17, 15) is 4.79 Å². The molecule has 0 fully saturated rings. The molecule has 0 spiro atoms. The molecule has 1 amide bonds. The van der Waals surface area contributed by atoms with Crippen LogP contribution in [0.3, 0.4) is 0 Å². The van der Waals surface area contributed by atoms with Crippen LogP contribution in [0.25, 0.3) is 10.8 Å². The van der Waals surface area contributed by atoms with E-state index in [0.29, 0.717) is 17.3 Å². The Bertz CT molecular complexity index is 1100. The van der Waals surface area contributed by atoms with Gasteiger partial charge in [-0.1, -0.05) is 30.3 Å². The first-order valence-electron chi connectivity index (χ1n) is 8.60. The van der Waals surface area contributed by atoms with E-state index in [1.807, 2.05) is 60.8 Å². The van der Waals surface area contributed by atoms with Crippen LogP contribution in [0.2, 0.25) is 0 Å². The third kappa shape index (κ3) is 4.15. The normalized spacial score (nSPS) is 10.7. The van der Waals surface area contributed by atoms with Gasteiger partial charge in [0.1, 0.15) is 18.2 Å². The second-order valence-corrected chi connectivity index (χ2v) is 7.20. The number of carbonyl (C=O) groups excluding carboxylic acids is 1. The number of hydrogen-bond donors (Lipinski definition) is 1. The van der Waals surface area contributed by atoms with Gasteiger partial charge in [0.05, 0.1) is 4.88 Å². The van der Waals surface area contributed by atoms with Crippen LogP contribution >= 0.6 is 11.3 Å². The van der Waals surface area contributed by atoms with Gasteiger partial charge in [-0.3, -0.25) is 4.79 Å². The van der Waals surface area contributed by atoms with E-state index in [1.165, 1.54) is 16.7 Å². The zero-order valence-corrected chi connectivity index (χ0v) is 15.6. The number of rotatable bonds is 5. The van der Waals surface area contributed by atoms with Crippen molar-refractivity contribution in [3.63, 3.8) is 0 Å². The molecule has 0 atom stereocenters. The fraction of sp³-hybridized carbons (Fsp3) is 0.0909. The van der Waals surface area contributed by atoms with Crippen molar-refractivity contribution >= 4 is 33.8 Å². The molecule has 0 aliphatic carbocycles. The molecule has 2 heterocycles. The summed E-state index contributed by atoms with van der Waals surface area (Å²) in [5, 5.41) is 7.10. The summed E-state index contributed by atoms with van der Waals surface area (Å²) in [6.07, 6.45) is 1.68. The summed E-state index contributed by atoms with van der Waals surface area (Å²) in [7, 11) is 0. The molecule has 0 radical (unpaired) electrons. The smallest absolute Gasteiger partial charge is 0.266 e. The lowest BCUT2D eigenvalue weighted by Crippen LogP contribution is -2.11. The average Bonchev–Trinajstić information content (AvgIpc) is 3.15. The van der Waals surface area contributed by atoms with Crippen molar-refractivity contribution in [1.29, 1.82) is 0 Å². The first-order valence-corrected chi connectivity index (χ1v) is 9.48. The van der Waals surface area contributed by atoms with Gasteiger partial charge in [0.25, 0.3) is 5.91 Å². The van der Waals surface area contributed by atoms with E-state index in [2.05, 4.69) is 22.4 Å². The summed E-state index contributed by atoms with van der Waals surface area (Å²) in [4.78, 5) is 17.2. The first-order chi connectivity index (χ1) is 13.2. The molecule has 1 N–H and O–H groups in total. The molecule has 4 nitrogen and oxygen atoms in total. The average molecular weight is 374 g/mol. The van der Waals surface area contributed by atoms with Crippen molar-refractivity contribution in [2.75, 3.05) is 5.32 Å². The molecule has 2 aromatic carbocycles. The van der Waals surface area contributed by atoms with E-state index in [1.54, 1.807) is 6.20 Å². The van der Waals surface area contributed by atoms with Gasteiger partial charge < -0.3 is 10.1 Å². The molecule has 4 aromatic rings. The standard InChI is InChI=1S/C22H18N2O2S/c1-15-8-9-23-21(10-15)24-22(25)20-11-16(14-27-20)13-26-19-7-6-17-4-2-3-5-18(17)12-19/h2-12,14H,13H2,1H3,(H,23,24,25). The van der Waals surface area contributed by atoms with Crippen LogP contribution in [0.1, 0.15) is 20.8 Å². The van der Waals surface area contributed by atoms with Crippen LogP contribution < -0.4 is 10.1 Å². The number of aryl methyl sites for hydroxylation is 1. The number of ether oxygens (including phenoxy) is 1. The van der Waals surface area contributed by atoms with Gasteiger partial charge in [-0.25, -0.2) is 4.98 Å². The summed E-state index contributed by atoms with van der Waals surface area (Å²) < 4.78 is 5.89. The zero-order chi connectivity index (χ0) is 18.6. The highest BCUT2D eigenvalue weighted by molar-refractivity contribution is 7.12. The number of anilines is 1. The van der Waals surface area contributed by atoms with Gasteiger partial charge in [0, 0.05) is 11.8 Å². The molecule has 0 saturated carbocycles. The van der Waals surface area contributed by atoms with Gasteiger partial charge in [0.15, 0.2) is 0 Å². The fourth-order valence-electron chi connectivity index (χ4n) is 2.78. The zero-order valence-electron chi connectivity index (χ0n) is 14.8. The summed E-state index contributed by atoms with van der Waals surface area (Å²) >= 11 is 1.40. The first kappa shape index (κ1) is 17.2. The number of nitrogens with zero attached hydrogens (tertiary/aromatic N) is 1. The Labute approximate surface area is 161 Å². The highest BCUT2D eigenvalue weighted by Gasteiger charge is 2.11. The van der Waals surface area contributed by atoms with Crippen molar-refractivity contribution < 1.29 is 9.53 Å². The Kier molecular flexibility index (Phi) is 4.85. The quantitative estimate of drug-likeness (QED) is 0.506. The third-order valence-corrected chi connectivity index (χ3v) is 5.14. The lowest BCUT2D eigenvalue weighted by atomic mass is 10.1. The number of aromatic nitrogens is 1. The van der Waals surface area contributed by atoms with E-state index in [4.69, 9.17) is 4.74 Å². The molecular formula is C22H18N2O2S. The SMILES string of the molecule is Cc1ccnc(NC(=O)c2cc(COc3ccc4ccccc4c3)cs2)c1. The molecule has 0 aliphatic heterocycles. The molecule has 0 bridgehead atoms. The summed E-state index contributed by atoms with van der Waals surface area (Å²) in [6.45, 7) is 2.38. The number of amides is 1. The van der Waals surface area contributed by atoms with Crippen LogP contribution in [0.4, 0.5) is 5.82 Å². The molecule has 5 heteroatoms. The van der Waals surface area contributed by atoms with Gasteiger partial charge in [-0.2, -0.15) is 0 Å². The summed E-state index contributed by atoms with van der Waals surface area (Å²) in [5.74, 6) is 1.22. The predicted molar refractivity (Wildman–Crippen MR) is 110 cm³/mol. The highest BCUT2D eigenvalue weighted by atomic mass is 32.1. The predicted octanol–water partition coefficient (Wildman–Crippen LogP) is 5.44. The Morgan fingerprint density at radius 3 is 2.78 bits per heavy atom. The minimum Gasteiger partial charge on any atom is -0.489 e. The molecule has 134 valence electrons. The molecule has 0 aliphatic rings. The Morgan fingerprint density at radius 1 is 1.07 bits per heavy atom. The van der Waals surface area contributed by atoms with E-state index >= 15 is 0 Å². The lowest BCUT2D eigenvalue weighted by Gasteiger charge is -2.06. The Balaban J connectivity index is 1.40. The maximum absolute atomic E-state index is 12.4. The van der Waals surface area contributed by atoms with Crippen molar-refractivity contribution in [2.24, 2.45) is 0 Å². The van der Waals surface area contributed by atoms with Gasteiger partial charge in [0.2, 0.25) is 0 Å². The molecule has 27 heavy (non-hydrogen) atoms. The molecule has 0 saturated heterocycles. The second-order valence-electron chi connectivity index (χ2n) is 6.29. The van der Waals surface area contributed by atoms with Crippen LogP contribution in [0.15, 0.2) is 72.2 Å². The van der Waals surface area contributed by atoms with Crippen LogP contribution in [0, 0.1) is 6.92 Å². The third-order valence-electron chi connectivity index (χ3n) is 4.16. The van der Waals surface area contributed by atoms with Crippen LogP contribution in [0.5, 0.6) is 5.75 Å². The number of benzene rings is 2. The summed E-state index contributed by atoms with van der Waals surface area (Å²) in [5.41, 5.74) is 2.02.